The van der Waals surface area contributed by atoms with Gasteiger partial charge in [0.2, 0.25) is 5.88 Å². The third kappa shape index (κ3) is 1.96. The number of halogens is 2. The second-order valence-corrected chi connectivity index (χ2v) is 3.92. The van der Waals surface area contributed by atoms with Gasteiger partial charge < -0.3 is 4.74 Å². The van der Waals surface area contributed by atoms with E-state index in [1.807, 2.05) is 6.92 Å². The summed E-state index contributed by atoms with van der Waals surface area (Å²) in [6, 6.07) is 3.78. The van der Waals surface area contributed by atoms with E-state index in [4.69, 9.17) is 4.74 Å². The van der Waals surface area contributed by atoms with E-state index < -0.39 is 11.6 Å². The molecule has 0 aliphatic heterocycles. The van der Waals surface area contributed by atoms with Crippen LogP contribution in [0.25, 0.3) is 11.1 Å². The standard InChI is InChI=1S/C13H14F2N2O/c1-4-18-13-11(8(2)16-17(13)3)12-9(14)6-5-7-10(12)15/h5-7H,4H2,1-3H3. The van der Waals surface area contributed by atoms with Gasteiger partial charge >= 0.3 is 0 Å². The highest BCUT2D eigenvalue weighted by atomic mass is 19.1. The molecule has 2 rings (SSSR count). The number of benzene rings is 1. The fourth-order valence-corrected chi connectivity index (χ4v) is 1.96. The molecule has 3 nitrogen and oxygen atoms in total. The molecule has 0 radical (unpaired) electrons. The van der Waals surface area contributed by atoms with Crippen LogP contribution in [-0.2, 0) is 7.05 Å². The second kappa shape index (κ2) is 4.76. The molecule has 0 fully saturated rings. The van der Waals surface area contributed by atoms with Gasteiger partial charge in [0.15, 0.2) is 0 Å². The Morgan fingerprint density at radius 3 is 2.39 bits per heavy atom. The van der Waals surface area contributed by atoms with Crippen molar-refractivity contribution >= 4 is 0 Å². The Labute approximate surface area is 104 Å². The van der Waals surface area contributed by atoms with Crippen molar-refractivity contribution in [3.05, 3.63) is 35.5 Å². The highest BCUT2D eigenvalue weighted by molar-refractivity contribution is 5.72. The predicted octanol–water partition coefficient (Wildman–Crippen LogP) is 3.07. The maximum Gasteiger partial charge on any atom is 0.220 e. The first-order valence-electron chi connectivity index (χ1n) is 5.67. The Bertz CT molecular complexity index is 558. The van der Waals surface area contributed by atoms with Crippen LogP contribution >= 0.6 is 0 Å². The van der Waals surface area contributed by atoms with Crippen LogP contribution in [0.1, 0.15) is 12.6 Å². The topological polar surface area (TPSA) is 27.1 Å². The Balaban J connectivity index is 2.70. The minimum absolute atomic E-state index is 0.0912. The quantitative estimate of drug-likeness (QED) is 0.839. The Morgan fingerprint density at radius 2 is 1.83 bits per heavy atom. The average molecular weight is 252 g/mol. The molecule has 0 N–H and O–H groups in total. The third-order valence-corrected chi connectivity index (χ3v) is 2.66. The SMILES string of the molecule is CCOc1c(-c2c(F)cccc2F)c(C)nn1C. The van der Waals surface area contributed by atoms with Gasteiger partial charge in [0.05, 0.1) is 23.4 Å². The van der Waals surface area contributed by atoms with Gasteiger partial charge in [0.25, 0.3) is 0 Å². The summed E-state index contributed by atoms with van der Waals surface area (Å²) in [7, 11) is 1.68. The minimum Gasteiger partial charge on any atom is -0.478 e. The summed E-state index contributed by atoms with van der Waals surface area (Å²) >= 11 is 0. The lowest BCUT2D eigenvalue weighted by atomic mass is 10.1. The van der Waals surface area contributed by atoms with Gasteiger partial charge in [0.1, 0.15) is 11.6 Å². The van der Waals surface area contributed by atoms with E-state index in [9.17, 15) is 8.78 Å². The van der Waals surface area contributed by atoms with Crippen LogP contribution in [0.4, 0.5) is 8.78 Å². The molecule has 0 aliphatic carbocycles. The number of nitrogens with zero attached hydrogens (tertiary/aromatic N) is 2. The summed E-state index contributed by atoms with van der Waals surface area (Å²) in [6.07, 6.45) is 0. The van der Waals surface area contributed by atoms with E-state index in [0.29, 0.717) is 23.7 Å². The summed E-state index contributed by atoms with van der Waals surface area (Å²) in [5.74, 6) is -0.863. The number of hydrogen-bond acceptors (Lipinski definition) is 2. The van der Waals surface area contributed by atoms with Crippen molar-refractivity contribution in [3.8, 4) is 17.0 Å². The molecule has 5 heteroatoms. The zero-order valence-electron chi connectivity index (χ0n) is 10.5. The summed E-state index contributed by atoms with van der Waals surface area (Å²) in [5, 5.41) is 4.15. The first-order chi connectivity index (χ1) is 8.56. The largest absolute Gasteiger partial charge is 0.478 e. The monoisotopic (exact) mass is 252 g/mol. The molecule has 0 amide bonds. The summed E-state index contributed by atoms with van der Waals surface area (Å²) in [5.41, 5.74) is 0.812. The molecular formula is C13H14F2N2O. The Kier molecular flexibility index (Phi) is 3.32. The first kappa shape index (κ1) is 12.5. The molecule has 0 spiro atoms. The first-order valence-corrected chi connectivity index (χ1v) is 5.67. The van der Waals surface area contributed by atoms with Crippen LogP contribution in [0.15, 0.2) is 18.2 Å². The lowest BCUT2D eigenvalue weighted by Gasteiger charge is -2.08. The van der Waals surface area contributed by atoms with Gasteiger partial charge in [-0.2, -0.15) is 5.10 Å². The molecule has 0 atom stereocenters. The van der Waals surface area contributed by atoms with E-state index in [-0.39, 0.29) is 5.56 Å². The smallest absolute Gasteiger partial charge is 0.220 e. The van der Waals surface area contributed by atoms with Gasteiger partial charge in [-0.3, -0.25) is 0 Å². The fraction of sp³-hybridized carbons (Fsp3) is 0.308. The molecule has 0 saturated carbocycles. The highest BCUT2D eigenvalue weighted by Crippen LogP contribution is 2.36. The van der Waals surface area contributed by atoms with Crippen LogP contribution in [0.3, 0.4) is 0 Å². The normalized spacial score (nSPS) is 10.7. The van der Waals surface area contributed by atoms with E-state index in [2.05, 4.69) is 5.10 Å². The van der Waals surface area contributed by atoms with Crippen molar-refractivity contribution in [3.63, 3.8) is 0 Å². The van der Waals surface area contributed by atoms with Gasteiger partial charge in [-0.15, -0.1) is 0 Å². The van der Waals surface area contributed by atoms with Crippen molar-refractivity contribution in [1.29, 1.82) is 0 Å². The molecule has 1 aromatic heterocycles. The average Bonchev–Trinajstić information content (AvgIpc) is 2.56. The number of ether oxygens (including phenoxy) is 1. The number of rotatable bonds is 3. The van der Waals surface area contributed by atoms with Gasteiger partial charge in [-0.1, -0.05) is 6.07 Å². The van der Waals surface area contributed by atoms with Crippen molar-refractivity contribution in [1.82, 2.24) is 9.78 Å². The van der Waals surface area contributed by atoms with E-state index >= 15 is 0 Å². The van der Waals surface area contributed by atoms with Crippen LogP contribution < -0.4 is 4.74 Å². The third-order valence-electron chi connectivity index (χ3n) is 2.66. The van der Waals surface area contributed by atoms with E-state index in [0.717, 1.165) is 0 Å². The molecule has 0 saturated heterocycles. The van der Waals surface area contributed by atoms with Crippen LogP contribution in [0, 0.1) is 18.6 Å². The van der Waals surface area contributed by atoms with Crippen molar-refractivity contribution in [2.45, 2.75) is 13.8 Å². The molecule has 0 bridgehead atoms. The van der Waals surface area contributed by atoms with E-state index in [1.165, 1.54) is 22.9 Å². The molecule has 1 aromatic carbocycles. The van der Waals surface area contributed by atoms with Crippen molar-refractivity contribution in [2.75, 3.05) is 6.61 Å². The molecule has 1 heterocycles. The van der Waals surface area contributed by atoms with Gasteiger partial charge in [-0.25, -0.2) is 13.5 Å². The summed E-state index contributed by atoms with van der Waals surface area (Å²) in [4.78, 5) is 0. The number of aryl methyl sites for hydroxylation is 2. The molecule has 2 aromatic rings. The minimum atomic E-state index is -0.618. The van der Waals surface area contributed by atoms with Gasteiger partial charge in [-0.05, 0) is 26.0 Å². The zero-order chi connectivity index (χ0) is 13.3. The summed E-state index contributed by atoms with van der Waals surface area (Å²) in [6.45, 7) is 3.91. The zero-order valence-corrected chi connectivity index (χ0v) is 10.5. The molecule has 96 valence electrons. The van der Waals surface area contributed by atoms with Crippen LogP contribution in [0.5, 0.6) is 5.88 Å². The second-order valence-electron chi connectivity index (χ2n) is 3.92. The van der Waals surface area contributed by atoms with Crippen molar-refractivity contribution < 1.29 is 13.5 Å². The molecule has 18 heavy (non-hydrogen) atoms. The molecular weight excluding hydrogens is 238 g/mol. The Morgan fingerprint density at radius 1 is 1.22 bits per heavy atom. The fourth-order valence-electron chi connectivity index (χ4n) is 1.96. The van der Waals surface area contributed by atoms with Crippen LogP contribution in [0.2, 0.25) is 0 Å². The Hall–Kier alpha value is -1.91. The van der Waals surface area contributed by atoms with Crippen LogP contribution in [-0.4, -0.2) is 16.4 Å². The van der Waals surface area contributed by atoms with Crippen molar-refractivity contribution in [2.24, 2.45) is 7.05 Å². The lowest BCUT2D eigenvalue weighted by molar-refractivity contribution is 0.310. The number of aromatic nitrogens is 2. The molecule has 0 aliphatic rings. The maximum atomic E-state index is 13.8. The summed E-state index contributed by atoms with van der Waals surface area (Å²) < 4.78 is 34.5. The predicted molar refractivity (Wildman–Crippen MR) is 64.5 cm³/mol. The number of hydrogen-bond donors (Lipinski definition) is 0. The lowest BCUT2D eigenvalue weighted by Crippen LogP contribution is -2.01. The van der Waals surface area contributed by atoms with E-state index in [1.54, 1.807) is 14.0 Å². The van der Waals surface area contributed by atoms with Gasteiger partial charge in [0, 0.05) is 7.05 Å². The molecule has 0 unspecified atom stereocenters. The maximum absolute atomic E-state index is 13.8. The highest BCUT2D eigenvalue weighted by Gasteiger charge is 2.22.